The number of rotatable bonds is 4. The molecule has 0 aliphatic rings. The average molecular weight is 244 g/mol. The molecular formula is C15H17FN2. The Morgan fingerprint density at radius 1 is 1.17 bits per heavy atom. The second kappa shape index (κ2) is 5.74. The van der Waals surface area contributed by atoms with E-state index >= 15 is 0 Å². The third kappa shape index (κ3) is 3.37. The number of nitrogens with zero attached hydrogens (tertiary/aromatic N) is 1. The van der Waals surface area contributed by atoms with E-state index in [-0.39, 0.29) is 5.82 Å². The van der Waals surface area contributed by atoms with Crippen LogP contribution in [0.2, 0.25) is 0 Å². The van der Waals surface area contributed by atoms with Gasteiger partial charge < -0.3 is 5.32 Å². The number of pyridine rings is 1. The highest BCUT2D eigenvalue weighted by Crippen LogP contribution is 2.20. The van der Waals surface area contributed by atoms with Crippen molar-refractivity contribution in [2.45, 2.75) is 26.4 Å². The lowest BCUT2D eigenvalue weighted by Crippen LogP contribution is -2.21. The van der Waals surface area contributed by atoms with Crippen LogP contribution >= 0.6 is 0 Å². The van der Waals surface area contributed by atoms with E-state index in [0.717, 1.165) is 17.7 Å². The molecule has 94 valence electrons. The predicted molar refractivity (Wildman–Crippen MR) is 71.6 cm³/mol. The van der Waals surface area contributed by atoms with Crippen molar-refractivity contribution < 1.29 is 4.39 Å². The van der Waals surface area contributed by atoms with Gasteiger partial charge in [-0.25, -0.2) is 4.39 Å². The van der Waals surface area contributed by atoms with E-state index < -0.39 is 0 Å². The third-order valence-electron chi connectivity index (χ3n) is 2.68. The standard InChI is InChI=1S/C15H17FN2/c1-11(2)18-8-12-4-3-5-13(6-12)14-7-15(16)10-17-9-14/h3-7,9-11,18H,8H2,1-2H3. The largest absolute Gasteiger partial charge is 0.310 e. The molecule has 0 bridgehead atoms. The summed E-state index contributed by atoms with van der Waals surface area (Å²) in [5, 5.41) is 3.36. The maximum absolute atomic E-state index is 13.1. The van der Waals surface area contributed by atoms with Gasteiger partial charge in [-0.05, 0) is 23.3 Å². The summed E-state index contributed by atoms with van der Waals surface area (Å²) in [7, 11) is 0. The van der Waals surface area contributed by atoms with Crippen molar-refractivity contribution in [2.24, 2.45) is 0 Å². The molecule has 0 atom stereocenters. The molecule has 0 spiro atoms. The van der Waals surface area contributed by atoms with Crippen LogP contribution in [0.5, 0.6) is 0 Å². The molecule has 3 heteroatoms. The van der Waals surface area contributed by atoms with Crippen LogP contribution in [0.25, 0.3) is 11.1 Å². The van der Waals surface area contributed by atoms with Crippen LogP contribution in [0.4, 0.5) is 4.39 Å². The SMILES string of the molecule is CC(C)NCc1cccc(-c2cncc(F)c2)c1. The van der Waals surface area contributed by atoms with Gasteiger partial charge in [0.25, 0.3) is 0 Å². The Morgan fingerprint density at radius 2 is 2.00 bits per heavy atom. The van der Waals surface area contributed by atoms with Gasteiger partial charge in [0.05, 0.1) is 6.20 Å². The smallest absolute Gasteiger partial charge is 0.142 e. The molecule has 0 radical (unpaired) electrons. The molecule has 2 nitrogen and oxygen atoms in total. The van der Waals surface area contributed by atoms with E-state index in [4.69, 9.17) is 0 Å². The summed E-state index contributed by atoms with van der Waals surface area (Å²) in [6.07, 6.45) is 2.89. The minimum absolute atomic E-state index is 0.307. The average Bonchev–Trinajstić information content (AvgIpc) is 2.37. The highest BCUT2D eigenvalue weighted by atomic mass is 19.1. The van der Waals surface area contributed by atoms with E-state index in [1.165, 1.54) is 17.8 Å². The summed E-state index contributed by atoms with van der Waals surface area (Å²) >= 11 is 0. The number of nitrogens with one attached hydrogen (secondary N) is 1. The first-order valence-electron chi connectivity index (χ1n) is 6.08. The number of aromatic nitrogens is 1. The molecule has 0 unspecified atom stereocenters. The second-order valence-electron chi connectivity index (χ2n) is 4.63. The molecule has 0 saturated carbocycles. The molecule has 1 aromatic heterocycles. The van der Waals surface area contributed by atoms with Crippen LogP contribution in [0.15, 0.2) is 42.7 Å². The topological polar surface area (TPSA) is 24.9 Å². The van der Waals surface area contributed by atoms with Crippen molar-refractivity contribution in [2.75, 3.05) is 0 Å². The predicted octanol–water partition coefficient (Wildman–Crippen LogP) is 3.39. The highest BCUT2D eigenvalue weighted by Gasteiger charge is 2.02. The summed E-state index contributed by atoms with van der Waals surface area (Å²) in [5.41, 5.74) is 2.98. The van der Waals surface area contributed by atoms with Crippen LogP contribution in [0.3, 0.4) is 0 Å². The van der Waals surface area contributed by atoms with Gasteiger partial charge in [-0.1, -0.05) is 32.0 Å². The molecule has 0 saturated heterocycles. The van der Waals surface area contributed by atoms with Gasteiger partial charge >= 0.3 is 0 Å². The van der Waals surface area contributed by atoms with Gasteiger partial charge in [0.2, 0.25) is 0 Å². The van der Waals surface area contributed by atoms with Crippen LogP contribution in [0, 0.1) is 5.82 Å². The Labute approximate surface area is 107 Å². The van der Waals surface area contributed by atoms with Crippen LogP contribution < -0.4 is 5.32 Å². The van der Waals surface area contributed by atoms with Crippen molar-refractivity contribution in [3.05, 3.63) is 54.1 Å². The lowest BCUT2D eigenvalue weighted by atomic mass is 10.0. The molecule has 2 aromatic rings. The molecular weight excluding hydrogens is 227 g/mol. The monoisotopic (exact) mass is 244 g/mol. The van der Waals surface area contributed by atoms with Crippen LogP contribution in [0.1, 0.15) is 19.4 Å². The zero-order valence-corrected chi connectivity index (χ0v) is 10.7. The number of hydrogen-bond acceptors (Lipinski definition) is 2. The van der Waals surface area contributed by atoms with E-state index in [1.807, 2.05) is 12.1 Å². The van der Waals surface area contributed by atoms with E-state index in [1.54, 1.807) is 6.20 Å². The molecule has 0 fully saturated rings. The lowest BCUT2D eigenvalue weighted by Gasteiger charge is -2.09. The van der Waals surface area contributed by atoms with Gasteiger partial charge in [0, 0.05) is 24.3 Å². The molecule has 0 aliphatic carbocycles. The molecule has 0 aliphatic heterocycles. The summed E-state index contributed by atoms with van der Waals surface area (Å²) < 4.78 is 13.1. The summed E-state index contributed by atoms with van der Waals surface area (Å²) in [6.45, 7) is 5.04. The Bertz CT molecular complexity index is 523. The minimum Gasteiger partial charge on any atom is -0.310 e. The first-order valence-corrected chi connectivity index (χ1v) is 6.08. The van der Waals surface area contributed by atoms with Gasteiger partial charge in [-0.15, -0.1) is 0 Å². The van der Waals surface area contributed by atoms with Crippen molar-refractivity contribution >= 4 is 0 Å². The second-order valence-corrected chi connectivity index (χ2v) is 4.63. The molecule has 0 amide bonds. The minimum atomic E-state index is -0.307. The van der Waals surface area contributed by atoms with Gasteiger partial charge in [0.15, 0.2) is 0 Å². The normalized spacial score (nSPS) is 10.9. The zero-order chi connectivity index (χ0) is 13.0. The molecule has 1 N–H and O–H groups in total. The summed E-state index contributed by atoms with van der Waals surface area (Å²) in [6, 6.07) is 10.0. The number of benzene rings is 1. The molecule has 2 rings (SSSR count). The van der Waals surface area contributed by atoms with Gasteiger partial charge in [-0.2, -0.15) is 0 Å². The van der Waals surface area contributed by atoms with Crippen LogP contribution in [-0.2, 0) is 6.54 Å². The lowest BCUT2D eigenvalue weighted by molar-refractivity contribution is 0.589. The Balaban J connectivity index is 2.21. The molecule has 18 heavy (non-hydrogen) atoms. The van der Waals surface area contributed by atoms with Crippen molar-refractivity contribution in [3.8, 4) is 11.1 Å². The first kappa shape index (κ1) is 12.7. The Morgan fingerprint density at radius 3 is 2.72 bits per heavy atom. The third-order valence-corrected chi connectivity index (χ3v) is 2.68. The fourth-order valence-electron chi connectivity index (χ4n) is 1.75. The zero-order valence-electron chi connectivity index (χ0n) is 10.7. The highest BCUT2D eigenvalue weighted by molar-refractivity contribution is 5.63. The van der Waals surface area contributed by atoms with Crippen molar-refractivity contribution in [1.82, 2.24) is 10.3 Å². The van der Waals surface area contributed by atoms with E-state index in [2.05, 4.69) is 36.3 Å². The van der Waals surface area contributed by atoms with Crippen LogP contribution in [-0.4, -0.2) is 11.0 Å². The summed E-state index contributed by atoms with van der Waals surface area (Å²) in [4.78, 5) is 3.87. The maximum Gasteiger partial charge on any atom is 0.142 e. The number of hydrogen-bond donors (Lipinski definition) is 1. The van der Waals surface area contributed by atoms with Gasteiger partial charge in [0.1, 0.15) is 5.82 Å². The Hall–Kier alpha value is -1.74. The van der Waals surface area contributed by atoms with E-state index in [0.29, 0.717) is 6.04 Å². The maximum atomic E-state index is 13.1. The molecule has 1 aromatic carbocycles. The number of halogens is 1. The van der Waals surface area contributed by atoms with Gasteiger partial charge in [-0.3, -0.25) is 4.98 Å². The summed E-state index contributed by atoms with van der Waals surface area (Å²) in [5.74, 6) is -0.307. The quantitative estimate of drug-likeness (QED) is 0.891. The first-order chi connectivity index (χ1) is 8.65. The molecule has 1 heterocycles. The van der Waals surface area contributed by atoms with Crippen molar-refractivity contribution in [3.63, 3.8) is 0 Å². The fourth-order valence-corrected chi connectivity index (χ4v) is 1.75. The Kier molecular flexibility index (Phi) is 4.05. The fraction of sp³-hybridized carbons (Fsp3) is 0.267. The van der Waals surface area contributed by atoms with E-state index in [9.17, 15) is 4.39 Å². The van der Waals surface area contributed by atoms with Crippen molar-refractivity contribution in [1.29, 1.82) is 0 Å².